The van der Waals surface area contributed by atoms with Gasteiger partial charge in [-0.1, -0.05) is 56.3 Å². The molecule has 2 aromatic rings. The van der Waals surface area contributed by atoms with Crippen molar-refractivity contribution in [3.8, 4) is 0 Å². The van der Waals surface area contributed by atoms with E-state index in [9.17, 15) is 4.79 Å². The van der Waals surface area contributed by atoms with E-state index in [1.807, 2.05) is 11.0 Å². The number of benzene rings is 2. The van der Waals surface area contributed by atoms with E-state index in [-0.39, 0.29) is 16.9 Å². The van der Waals surface area contributed by atoms with E-state index in [2.05, 4.69) is 70.2 Å². The Morgan fingerprint density at radius 2 is 1.67 bits per heavy atom. The SMILES string of the molecule is CCc1ccc([C@]2(C)CC(C)(C)N(C(C)=O)c3ccccc32)cc1. The molecule has 0 radical (unpaired) electrons. The molecule has 1 amide bonds. The summed E-state index contributed by atoms with van der Waals surface area (Å²) in [5, 5.41) is 0. The second-order valence-electron chi connectivity index (χ2n) is 7.74. The minimum Gasteiger partial charge on any atom is -0.307 e. The van der Waals surface area contributed by atoms with E-state index in [0.717, 1.165) is 18.5 Å². The zero-order chi connectivity index (χ0) is 17.5. The molecule has 24 heavy (non-hydrogen) atoms. The molecule has 0 saturated heterocycles. The molecule has 1 heterocycles. The minimum atomic E-state index is -0.224. The van der Waals surface area contributed by atoms with Gasteiger partial charge in [0, 0.05) is 23.6 Å². The Morgan fingerprint density at radius 3 is 2.25 bits per heavy atom. The lowest BCUT2D eigenvalue weighted by molar-refractivity contribution is -0.117. The summed E-state index contributed by atoms with van der Waals surface area (Å²) in [6.45, 7) is 10.5. The number of amides is 1. The van der Waals surface area contributed by atoms with Crippen molar-refractivity contribution in [2.24, 2.45) is 0 Å². The first kappa shape index (κ1) is 16.8. The highest BCUT2D eigenvalue weighted by atomic mass is 16.2. The van der Waals surface area contributed by atoms with Gasteiger partial charge in [0.05, 0.1) is 0 Å². The smallest absolute Gasteiger partial charge is 0.224 e. The van der Waals surface area contributed by atoms with E-state index >= 15 is 0 Å². The van der Waals surface area contributed by atoms with Crippen LogP contribution in [-0.2, 0) is 16.6 Å². The average Bonchev–Trinajstić information content (AvgIpc) is 2.53. The van der Waals surface area contributed by atoms with Crippen LogP contribution in [0.5, 0.6) is 0 Å². The van der Waals surface area contributed by atoms with Gasteiger partial charge in [0.15, 0.2) is 0 Å². The van der Waals surface area contributed by atoms with E-state index < -0.39 is 0 Å². The van der Waals surface area contributed by atoms with Crippen molar-refractivity contribution < 1.29 is 4.79 Å². The first-order chi connectivity index (χ1) is 11.3. The van der Waals surface area contributed by atoms with Crippen molar-refractivity contribution in [1.29, 1.82) is 0 Å². The minimum absolute atomic E-state index is 0.0989. The quantitative estimate of drug-likeness (QED) is 0.754. The maximum absolute atomic E-state index is 12.3. The van der Waals surface area contributed by atoms with Crippen LogP contribution >= 0.6 is 0 Å². The maximum Gasteiger partial charge on any atom is 0.224 e. The molecule has 0 spiro atoms. The van der Waals surface area contributed by atoms with Gasteiger partial charge < -0.3 is 4.90 Å². The van der Waals surface area contributed by atoms with Gasteiger partial charge in [-0.05, 0) is 49.4 Å². The van der Waals surface area contributed by atoms with Gasteiger partial charge in [0.1, 0.15) is 0 Å². The van der Waals surface area contributed by atoms with E-state index in [0.29, 0.717) is 0 Å². The van der Waals surface area contributed by atoms with Crippen LogP contribution in [-0.4, -0.2) is 11.4 Å². The number of carbonyl (C=O) groups excluding carboxylic acids is 1. The van der Waals surface area contributed by atoms with E-state index in [1.54, 1.807) is 6.92 Å². The Balaban J connectivity index is 2.20. The molecule has 0 N–H and O–H groups in total. The van der Waals surface area contributed by atoms with Crippen molar-refractivity contribution in [1.82, 2.24) is 0 Å². The average molecular weight is 321 g/mol. The number of para-hydroxylation sites is 1. The standard InChI is InChI=1S/C22H27NO/c1-6-17-11-13-18(14-12-17)22(5)15-21(3,4)23(16(2)24)20-10-8-7-9-19(20)22/h7-14H,6,15H2,1-5H3/t22-/m0/s1. The molecule has 126 valence electrons. The van der Waals surface area contributed by atoms with E-state index in [1.165, 1.54) is 16.7 Å². The highest BCUT2D eigenvalue weighted by Crippen LogP contribution is 2.50. The largest absolute Gasteiger partial charge is 0.307 e. The summed E-state index contributed by atoms with van der Waals surface area (Å²) in [5.74, 6) is 0.107. The fraction of sp³-hybridized carbons (Fsp3) is 0.409. The van der Waals surface area contributed by atoms with Crippen LogP contribution in [0.4, 0.5) is 5.69 Å². The number of nitrogens with zero attached hydrogens (tertiary/aromatic N) is 1. The molecule has 0 fully saturated rings. The fourth-order valence-electron chi connectivity index (χ4n) is 4.46. The molecule has 0 saturated carbocycles. The zero-order valence-corrected chi connectivity index (χ0v) is 15.4. The van der Waals surface area contributed by atoms with Crippen LogP contribution in [0.15, 0.2) is 48.5 Å². The monoisotopic (exact) mass is 321 g/mol. The molecule has 0 aromatic heterocycles. The molecule has 0 unspecified atom stereocenters. The predicted octanol–water partition coefficient (Wildman–Crippen LogP) is 5.09. The maximum atomic E-state index is 12.3. The molecule has 1 aliphatic rings. The summed E-state index contributed by atoms with van der Waals surface area (Å²) in [5.41, 5.74) is 4.64. The van der Waals surface area contributed by atoms with Gasteiger partial charge in [-0.15, -0.1) is 0 Å². The normalized spacial score (nSPS) is 22.1. The highest BCUT2D eigenvalue weighted by Gasteiger charge is 2.46. The summed E-state index contributed by atoms with van der Waals surface area (Å²) in [4.78, 5) is 14.3. The van der Waals surface area contributed by atoms with Crippen molar-refractivity contribution in [2.45, 2.75) is 58.4 Å². The number of hydrogen-bond donors (Lipinski definition) is 0. The number of hydrogen-bond acceptors (Lipinski definition) is 1. The molecule has 0 aliphatic carbocycles. The Bertz CT molecular complexity index is 760. The van der Waals surface area contributed by atoms with E-state index in [4.69, 9.17) is 0 Å². The number of rotatable bonds is 2. The summed E-state index contributed by atoms with van der Waals surface area (Å²) < 4.78 is 0. The van der Waals surface area contributed by atoms with Crippen molar-refractivity contribution in [2.75, 3.05) is 4.90 Å². The lowest BCUT2D eigenvalue weighted by atomic mass is 9.65. The Labute approximate surface area is 145 Å². The van der Waals surface area contributed by atoms with Crippen LogP contribution in [0.3, 0.4) is 0 Å². The second-order valence-corrected chi connectivity index (χ2v) is 7.74. The predicted molar refractivity (Wildman–Crippen MR) is 101 cm³/mol. The molecule has 3 rings (SSSR count). The molecule has 1 atom stereocenters. The Morgan fingerprint density at radius 1 is 1.04 bits per heavy atom. The van der Waals surface area contributed by atoms with Crippen molar-refractivity contribution in [3.63, 3.8) is 0 Å². The Hall–Kier alpha value is -2.09. The third kappa shape index (κ3) is 2.54. The highest BCUT2D eigenvalue weighted by molar-refractivity contribution is 5.95. The van der Waals surface area contributed by atoms with Crippen LogP contribution < -0.4 is 4.90 Å². The topological polar surface area (TPSA) is 20.3 Å². The lowest BCUT2D eigenvalue weighted by Crippen LogP contribution is -2.55. The number of fused-ring (bicyclic) bond motifs is 1. The molecule has 1 aliphatic heterocycles. The third-order valence-electron chi connectivity index (χ3n) is 5.45. The number of carbonyl (C=O) groups is 1. The summed E-state index contributed by atoms with van der Waals surface area (Å²) in [6.07, 6.45) is 1.96. The fourth-order valence-corrected chi connectivity index (χ4v) is 4.46. The molecule has 2 heteroatoms. The summed E-state index contributed by atoms with van der Waals surface area (Å²) in [6, 6.07) is 17.3. The molecule has 2 nitrogen and oxygen atoms in total. The van der Waals surface area contributed by atoms with Crippen LogP contribution in [0, 0.1) is 0 Å². The summed E-state index contributed by atoms with van der Waals surface area (Å²) in [7, 11) is 0. The van der Waals surface area contributed by atoms with Gasteiger partial charge in [-0.3, -0.25) is 4.79 Å². The van der Waals surface area contributed by atoms with Crippen molar-refractivity contribution in [3.05, 3.63) is 65.2 Å². The molecule has 0 bridgehead atoms. The van der Waals surface area contributed by atoms with Gasteiger partial charge in [-0.2, -0.15) is 0 Å². The van der Waals surface area contributed by atoms with Gasteiger partial charge >= 0.3 is 0 Å². The third-order valence-corrected chi connectivity index (χ3v) is 5.45. The number of anilines is 1. The lowest BCUT2D eigenvalue weighted by Gasteiger charge is -2.51. The first-order valence-corrected chi connectivity index (χ1v) is 8.79. The van der Waals surface area contributed by atoms with Gasteiger partial charge in [0.25, 0.3) is 0 Å². The first-order valence-electron chi connectivity index (χ1n) is 8.79. The van der Waals surface area contributed by atoms with Crippen LogP contribution in [0.1, 0.15) is 57.7 Å². The van der Waals surface area contributed by atoms with Crippen LogP contribution in [0.25, 0.3) is 0 Å². The molecular formula is C22H27NO. The Kier molecular flexibility index (Phi) is 4.03. The van der Waals surface area contributed by atoms with Gasteiger partial charge in [0.2, 0.25) is 5.91 Å². The molecular weight excluding hydrogens is 294 g/mol. The van der Waals surface area contributed by atoms with Crippen molar-refractivity contribution >= 4 is 11.6 Å². The molecule has 2 aromatic carbocycles. The van der Waals surface area contributed by atoms with Gasteiger partial charge in [-0.25, -0.2) is 0 Å². The van der Waals surface area contributed by atoms with Crippen LogP contribution in [0.2, 0.25) is 0 Å². The zero-order valence-electron chi connectivity index (χ0n) is 15.4. The second kappa shape index (κ2) is 5.77. The summed E-state index contributed by atoms with van der Waals surface area (Å²) >= 11 is 0. The number of aryl methyl sites for hydroxylation is 1.